The molecule has 0 unspecified atom stereocenters. The van der Waals surface area contributed by atoms with E-state index in [-0.39, 0.29) is 22.4 Å². The molecule has 0 aliphatic rings. The highest BCUT2D eigenvalue weighted by Gasteiger charge is 2.44. The Morgan fingerprint density at radius 1 is 0.826 bits per heavy atom. The SMILES string of the molecule is CC(C)(C)C[P+](O)(O)Oc1c(C(C)(C)C)cccc1C(C)(C)C. The fraction of sp³-hybridized carbons (Fsp3) is 0.684. The second kappa shape index (κ2) is 6.35. The first-order valence-electron chi connectivity index (χ1n) is 8.20. The van der Waals surface area contributed by atoms with Gasteiger partial charge in [0.05, 0.1) is 0 Å². The van der Waals surface area contributed by atoms with Crippen molar-refractivity contribution in [1.82, 2.24) is 0 Å². The zero-order valence-corrected chi connectivity index (χ0v) is 17.1. The number of benzene rings is 1. The van der Waals surface area contributed by atoms with Gasteiger partial charge in [0.2, 0.25) is 0 Å². The summed E-state index contributed by atoms with van der Waals surface area (Å²) in [5.74, 6) is 0.634. The molecule has 0 bridgehead atoms. The van der Waals surface area contributed by atoms with Gasteiger partial charge < -0.3 is 0 Å². The zero-order valence-electron chi connectivity index (χ0n) is 16.2. The molecule has 23 heavy (non-hydrogen) atoms. The molecule has 0 fully saturated rings. The van der Waals surface area contributed by atoms with Crippen LogP contribution in [0.2, 0.25) is 0 Å². The maximum atomic E-state index is 10.5. The Labute approximate surface area is 142 Å². The van der Waals surface area contributed by atoms with E-state index in [2.05, 4.69) is 41.5 Å². The van der Waals surface area contributed by atoms with E-state index < -0.39 is 7.94 Å². The number of rotatable bonds is 3. The highest BCUT2D eigenvalue weighted by Crippen LogP contribution is 2.57. The molecule has 0 radical (unpaired) electrons. The van der Waals surface area contributed by atoms with Crippen LogP contribution in [0.1, 0.15) is 73.4 Å². The fourth-order valence-electron chi connectivity index (χ4n) is 2.61. The minimum absolute atomic E-state index is 0.141. The van der Waals surface area contributed by atoms with Gasteiger partial charge in [0.1, 0.15) is 0 Å². The first-order valence-corrected chi connectivity index (χ1v) is 10.00. The van der Waals surface area contributed by atoms with Gasteiger partial charge in [-0.05, 0) is 10.8 Å². The molecular weight excluding hydrogens is 307 g/mol. The molecule has 132 valence electrons. The molecule has 0 spiro atoms. The summed E-state index contributed by atoms with van der Waals surface area (Å²) in [5, 5.41) is 0. The Bertz CT molecular complexity index is 511. The molecule has 4 heteroatoms. The minimum atomic E-state index is -3.48. The van der Waals surface area contributed by atoms with Crippen molar-refractivity contribution in [2.45, 2.75) is 73.1 Å². The molecule has 0 saturated heterocycles. The molecule has 0 aliphatic carbocycles. The fourth-order valence-corrected chi connectivity index (χ4v) is 4.40. The lowest BCUT2D eigenvalue weighted by Crippen LogP contribution is -2.22. The average molecular weight is 341 g/mol. The standard InChI is InChI=1S/C19H34O3P/c1-17(2,3)13-23(20,21)22-16-14(18(4,5)6)11-10-12-15(16)19(7,8)9/h10-12,20-21H,13H2,1-9H3/q+1. The van der Waals surface area contributed by atoms with Crippen LogP contribution in [-0.2, 0) is 10.8 Å². The molecule has 2 N–H and O–H groups in total. The van der Waals surface area contributed by atoms with Gasteiger partial charge in [0.25, 0.3) is 0 Å². The van der Waals surface area contributed by atoms with Crippen molar-refractivity contribution in [2.24, 2.45) is 5.41 Å². The molecule has 0 aromatic heterocycles. The van der Waals surface area contributed by atoms with E-state index in [0.717, 1.165) is 11.1 Å². The van der Waals surface area contributed by atoms with E-state index >= 15 is 0 Å². The molecule has 3 nitrogen and oxygen atoms in total. The second-order valence-corrected chi connectivity index (χ2v) is 11.5. The quantitative estimate of drug-likeness (QED) is 0.718. The van der Waals surface area contributed by atoms with E-state index in [4.69, 9.17) is 4.52 Å². The third-order valence-electron chi connectivity index (χ3n) is 3.55. The van der Waals surface area contributed by atoms with Gasteiger partial charge in [0.15, 0.2) is 11.9 Å². The lowest BCUT2D eigenvalue weighted by Gasteiger charge is -2.30. The maximum absolute atomic E-state index is 10.5. The van der Waals surface area contributed by atoms with E-state index in [1.807, 2.05) is 39.0 Å². The molecule has 0 atom stereocenters. The summed E-state index contributed by atoms with van der Waals surface area (Å²) in [5.41, 5.74) is 1.52. The summed E-state index contributed by atoms with van der Waals surface area (Å²) in [6.07, 6.45) is 0.238. The van der Waals surface area contributed by atoms with Crippen LogP contribution in [0.4, 0.5) is 0 Å². The van der Waals surface area contributed by atoms with Crippen molar-refractivity contribution in [2.75, 3.05) is 6.16 Å². The second-order valence-electron chi connectivity index (χ2n) is 9.66. The summed E-state index contributed by atoms with van der Waals surface area (Å²) in [6.45, 7) is 18.6. The summed E-state index contributed by atoms with van der Waals surface area (Å²) >= 11 is 0. The third kappa shape index (κ3) is 6.06. The van der Waals surface area contributed by atoms with Crippen LogP contribution in [0.3, 0.4) is 0 Å². The molecule has 0 heterocycles. The molecule has 1 aromatic carbocycles. The van der Waals surface area contributed by atoms with Crippen molar-refractivity contribution in [1.29, 1.82) is 0 Å². The highest BCUT2D eigenvalue weighted by atomic mass is 31.2. The van der Waals surface area contributed by atoms with Crippen LogP contribution < -0.4 is 4.52 Å². The van der Waals surface area contributed by atoms with Crippen LogP contribution in [0.5, 0.6) is 5.75 Å². The molecule has 0 amide bonds. The van der Waals surface area contributed by atoms with Gasteiger partial charge in [-0.2, -0.15) is 9.79 Å². The van der Waals surface area contributed by atoms with E-state index in [9.17, 15) is 9.79 Å². The summed E-state index contributed by atoms with van der Waals surface area (Å²) in [7, 11) is -3.48. The van der Waals surface area contributed by atoms with E-state index in [1.54, 1.807) is 0 Å². The largest absolute Gasteiger partial charge is 0.452 e. The lowest BCUT2D eigenvalue weighted by molar-refractivity contribution is 0.306. The van der Waals surface area contributed by atoms with Crippen molar-refractivity contribution >= 4 is 7.94 Å². The number of hydrogen-bond donors (Lipinski definition) is 2. The monoisotopic (exact) mass is 341 g/mol. The normalized spacial score (nSPS) is 14.0. The first kappa shape index (κ1) is 20.4. The summed E-state index contributed by atoms with van der Waals surface area (Å²) in [4.78, 5) is 21.1. The summed E-state index contributed by atoms with van der Waals surface area (Å²) in [6, 6.07) is 6.05. The molecule has 0 aliphatic heterocycles. The van der Waals surface area contributed by atoms with Crippen molar-refractivity contribution in [3.05, 3.63) is 29.3 Å². The van der Waals surface area contributed by atoms with Crippen molar-refractivity contribution < 1.29 is 14.3 Å². The predicted molar refractivity (Wildman–Crippen MR) is 100 cm³/mol. The lowest BCUT2D eigenvalue weighted by atomic mass is 9.80. The van der Waals surface area contributed by atoms with Crippen LogP contribution in [0.25, 0.3) is 0 Å². The van der Waals surface area contributed by atoms with Gasteiger partial charge in [-0.25, -0.2) is 0 Å². The van der Waals surface area contributed by atoms with Crippen LogP contribution in [0, 0.1) is 5.41 Å². The smallest absolute Gasteiger partial charge is 0.286 e. The Balaban J connectivity index is 3.43. The number of hydrogen-bond acceptors (Lipinski definition) is 3. The van der Waals surface area contributed by atoms with E-state index in [1.165, 1.54) is 0 Å². The predicted octanol–water partition coefficient (Wildman–Crippen LogP) is 5.45. The Kier molecular flexibility index (Phi) is 5.64. The maximum Gasteiger partial charge on any atom is 0.452 e. The average Bonchev–Trinajstić information content (AvgIpc) is 2.21. The molecular formula is C19H34O3P+. The van der Waals surface area contributed by atoms with Gasteiger partial charge >= 0.3 is 7.94 Å². The Morgan fingerprint density at radius 2 is 1.22 bits per heavy atom. The molecule has 1 rings (SSSR count). The van der Waals surface area contributed by atoms with Crippen LogP contribution in [0.15, 0.2) is 18.2 Å². The Hall–Kier alpha value is -0.630. The Morgan fingerprint density at radius 3 is 1.52 bits per heavy atom. The van der Waals surface area contributed by atoms with Crippen molar-refractivity contribution in [3.8, 4) is 5.75 Å². The van der Waals surface area contributed by atoms with Gasteiger partial charge in [0, 0.05) is 16.5 Å². The van der Waals surface area contributed by atoms with Crippen molar-refractivity contribution in [3.63, 3.8) is 0 Å². The minimum Gasteiger partial charge on any atom is -0.286 e. The van der Waals surface area contributed by atoms with E-state index in [0.29, 0.717) is 5.75 Å². The number of para-hydroxylation sites is 1. The summed E-state index contributed by atoms with van der Waals surface area (Å²) < 4.78 is 5.92. The topological polar surface area (TPSA) is 49.7 Å². The van der Waals surface area contributed by atoms with Gasteiger partial charge in [-0.15, -0.1) is 0 Å². The van der Waals surface area contributed by atoms with Crippen LogP contribution in [-0.4, -0.2) is 15.9 Å². The van der Waals surface area contributed by atoms with Crippen LogP contribution >= 0.6 is 7.94 Å². The van der Waals surface area contributed by atoms with Gasteiger partial charge in [-0.1, -0.05) is 80.5 Å². The molecule has 1 aromatic rings. The molecule has 0 saturated carbocycles. The third-order valence-corrected chi connectivity index (χ3v) is 5.38. The zero-order chi connectivity index (χ0) is 18.3. The van der Waals surface area contributed by atoms with Gasteiger partial charge in [-0.3, -0.25) is 4.52 Å². The highest BCUT2D eigenvalue weighted by molar-refractivity contribution is 7.60. The first-order chi connectivity index (χ1) is 10.0.